The smallest absolute Gasteiger partial charge is 0.125 e. The van der Waals surface area contributed by atoms with Gasteiger partial charge in [0.1, 0.15) is 11.6 Å². The largest absolute Gasteiger partial charge is 0.319 e. The highest BCUT2D eigenvalue weighted by atomic mass is 35.5. The number of pyridine rings is 1. The highest BCUT2D eigenvalue weighted by Gasteiger charge is 2.17. The van der Waals surface area contributed by atoms with Gasteiger partial charge in [0.05, 0.1) is 23.0 Å². The summed E-state index contributed by atoms with van der Waals surface area (Å²) in [5, 5.41) is 0. The van der Waals surface area contributed by atoms with E-state index in [9.17, 15) is 4.39 Å². The Morgan fingerprint density at radius 1 is 1.35 bits per heavy atom. The first kappa shape index (κ1) is 13.1. The highest BCUT2D eigenvalue weighted by molar-refractivity contribution is 6.16. The first-order valence-electron chi connectivity index (χ1n) is 6.33. The summed E-state index contributed by atoms with van der Waals surface area (Å²) >= 11 is 5.98. The second-order valence-electron chi connectivity index (χ2n) is 4.63. The molecule has 0 radical (unpaired) electrons. The second-order valence-corrected chi connectivity index (χ2v) is 4.89. The monoisotopic (exact) mass is 289 g/mol. The van der Waals surface area contributed by atoms with Crippen molar-refractivity contribution in [3.8, 4) is 0 Å². The minimum Gasteiger partial charge on any atom is -0.319 e. The summed E-state index contributed by atoms with van der Waals surface area (Å²) in [6.45, 7) is 2.03. The summed E-state index contributed by atoms with van der Waals surface area (Å²) in [5.41, 5.74) is 2.53. The van der Waals surface area contributed by atoms with Gasteiger partial charge < -0.3 is 4.57 Å². The predicted octanol–water partition coefficient (Wildman–Crippen LogP) is 3.92. The van der Waals surface area contributed by atoms with Gasteiger partial charge in [-0.2, -0.15) is 0 Å². The Kier molecular flexibility index (Phi) is 3.40. The van der Waals surface area contributed by atoms with E-state index in [1.54, 1.807) is 18.5 Å². The molecule has 0 fully saturated rings. The molecule has 102 valence electrons. The molecule has 0 spiro atoms. The number of hydrogen-bond donors (Lipinski definition) is 0. The number of fused-ring (bicyclic) bond motifs is 1. The van der Waals surface area contributed by atoms with Crippen molar-refractivity contribution in [2.75, 3.05) is 0 Å². The Morgan fingerprint density at radius 2 is 2.20 bits per heavy atom. The number of halogens is 2. The molecule has 1 unspecified atom stereocenters. The van der Waals surface area contributed by atoms with Crippen LogP contribution in [0.2, 0.25) is 0 Å². The Labute approximate surface area is 121 Å². The maximum Gasteiger partial charge on any atom is 0.125 e. The van der Waals surface area contributed by atoms with Crippen LogP contribution in [0.1, 0.15) is 24.4 Å². The third kappa shape index (κ3) is 2.16. The zero-order valence-corrected chi connectivity index (χ0v) is 11.7. The average molecular weight is 290 g/mol. The maximum absolute atomic E-state index is 13.5. The van der Waals surface area contributed by atoms with E-state index in [0.29, 0.717) is 0 Å². The van der Waals surface area contributed by atoms with Crippen LogP contribution in [0.3, 0.4) is 0 Å². The Bertz CT molecular complexity index is 739. The van der Waals surface area contributed by atoms with E-state index in [1.165, 1.54) is 12.1 Å². The Hall–Kier alpha value is -1.94. The van der Waals surface area contributed by atoms with Crippen LogP contribution in [0.15, 0.2) is 42.7 Å². The van der Waals surface area contributed by atoms with Crippen LogP contribution in [0, 0.1) is 5.82 Å². The van der Waals surface area contributed by atoms with Crippen LogP contribution >= 0.6 is 11.6 Å². The zero-order chi connectivity index (χ0) is 14.1. The number of alkyl halides is 1. The van der Waals surface area contributed by atoms with Crippen LogP contribution in [0.5, 0.6) is 0 Å². The van der Waals surface area contributed by atoms with Crippen molar-refractivity contribution in [3.05, 3.63) is 59.9 Å². The van der Waals surface area contributed by atoms with Gasteiger partial charge in [-0.3, -0.25) is 4.98 Å². The molecule has 0 amide bonds. The lowest BCUT2D eigenvalue weighted by molar-refractivity contribution is 0.617. The SMILES string of the molecule is CC(c1cccnc1)n1c(CCl)nc2ccc(F)cc21. The van der Waals surface area contributed by atoms with Crippen LogP contribution in [-0.2, 0) is 5.88 Å². The quantitative estimate of drug-likeness (QED) is 0.684. The van der Waals surface area contributed by atoms with Crippen molar-refractivity contribution in [1.29, 1.82) is 0 Å². The van der Waals surface area contributed by atoms with Crippen molar-refractivity contribution < 1.29 is 4.39 Å². The molecule has 3 aromatic rings. The van der Waals surface area contributed by atoms with Crippen molar-refractivity contribution in [3.63, 3.8) is 0 Å². The molecule has 0 bridgehead atoms. The van der Waals surface area contributed by atoms with E-state index in [2.05, 4.69) is 9.97 Å². The summed E-state index contributed by atoms with van der Waals surface area (Å²) < 4.78 is 15.5. The number of imidazole rings is 1. The Morgan fingerprint density at radius 3 is 2.90 bits per heavy atom. The fraction of sp³-hybridized carbons (Fsp3) is 0.200. The molecule has 0 aliphatic carbocycles. The van der Waals surface area contributed by atoms with E-state index >= 15 is 0 Å². The topological polar surface area (TPSA) is 30.7 Å². The molecule has 3 rings (SSSR count). The summed E-state index contributed by atoms with van der Waals surface area (Å²) in [4.78, 5) is 8.59. The van der Waals surface area contributed by atoms with Gasteiger partial charge in [-0.15, -0.1) is 11.6 Å². The lowest BCUT2D eigenvalue weighted by atomic mass is 10.1. The molecule has 0 aliphatic heterocycles. The molecule has 5 heteroatoms. The minimum atomic E-state index is -0.279. The van der Waals surface area contributed by atoms with E-state index in [1.807, 2.05) is 23.6 Å². The molecule has 0 N–H and O–H groups in total. The number of rotatable bonds is 3. The minimum absolute atomic E-state index is 0.00995. The van der Waals surface area contributed by atoms with Crippen LogP contribution in [0.25, 0.3) is 11.0 Å². The van der Waals surface area contributed by atoms with Gasteiger partial charge in [-0.1, -0.05) is 6.07 Å². The van der Waals surface area contributed by atoms with Gasteiger partial charge >= 0.3 is 0 Å². The summed E-state index contributed by atoms with van der Waals surface area (Å²) in [7, 11) is 0. The number of hydrogen-bond acceptors (Lipinski definition) is 2. The molecule has 20 heavy (non-hydrogen) atoms. The van der Waals surface area contributed by atoms with E-state index < -0.39 is 0 Å². The summed E-state index contributed by atoms with van der Waals surface area (Å²) in [5.74, 6) is 0.725. The highest BCUT2D eigenvalue weighted by Crippen LogP contribution is 2.27. The average Bonchev–Trinajstić information content (AvgIpc) is 2.85. The lowest BCUT2D eigenvalue weighted by Gasteiger charge is -2.17. The van der Waals surface area contributed by atoms with Crippen molar-refractivity contribution in [1.82, 2.24) is 14.5 Å². The fourth-order valence-corrected chi connectivity index (χ4v) is 2.60. The third-order valence-electron chi connectivity index (χ3n) is 3.40. The van der Waals surface area contributed by atoms with Gasteiger partial charge in [-0.05, 0) is 36.8 Å². The van der Waals surface area contributed by atoms with E-state index in [4.69, 9.17) is 11.6 Å². The molecule has 1 atom stereocenters. The third-order valence-corrected chi connectivity index (χ3v) is 3.64. The first-order valence-corrected chi connectivity index (χ1v) is 6.86. The van der Waals surface area contributed by atoms with Crippen molar-refractivity contribution in [2.24, 2.45) is 0 Å². The second kappa shape index (κ2) is 5.21. The molecule has 1 aromatic carbocycles. The fourth-order valence-electron chi connectivity index (χ4n) is 2.41. The van der Waals surface area contributed by atoms with Crippen LogP contribution in [0.4, 0.5) is 4.39 Å². The lowest BCUT2D eigenvalue weighted by Crippen LogP contribution is -2.10. The number of aromatic nitrogens is 3. The number of benzene rings is 1. The maximum atomic E-state index is 13.5. The first-order chi connectivity index (χ1) is 9.70. The predicted molar refractivity (Wildman–Crippen MR) is 77.3 cm³/mol. The van der Waals surface area contributed by atoms with Crippen molar-refractivity contribution >= 4 is 22.6 Å². The molecular weight excluding hydrogens is 277 g/mol. The summed E-state index contributed by atoms with van der Waals surface area (Å²) in [6.07, 6.45) is 3.53. The molecule has 2 aromatic heterocycles. The molecule has 0 saturated carbocycles. The van der Waals surface area contributed by atoms with Gasteiger partial charge in [0.2, 0.25) is 0 Å². The normalized spacial score (nSPS) is 12.8. The van der Waals surface area contributed by atoms with Gasteiger partial charge in [-0.25, -0.2) is 9.37 Å². The molecule has 0 aliphatic rings. The van der Waals surface area contributed by atoms with Crippen LogP contribution in [-0.4, -0.2) is 14.5 Å². The van der Waals surface area contributed by atoms with E-state index in [0.717, 1.165) is 22.4 Å². The summed E-state index contributed by atoms with van der Waals surface area (Å²) in [6, 6.07) is 8.43. The molecule has 3 nitrogen and oxygen atoms in total. The molecular formula is C15H13ClFN3. The number of nitrogens with zero attached hydrogens (tertiary/aromatic N) is 3. The van der Waals surface area contributed by atoms with Crippen molar-refractivity contribution in [2.45, 2.75) is 18.8 Å². The molecule has 2 heterocycles. The molecule has 0 saturated heterocycles. The Balaban J connectivity index is 2.21. The van der Waals surface area contributed by atoms with Gasteiger partial charge in [0, 0.05) is 12.4 Å². The zero-order valence-electron chi connectivity index (χ0n) is 10.9. The van der Waals surface area contributed by atoms with E-state index in [-0.39, 0.29) is 17.7 Å². The standard InChI is InChI=1S/C15H13ClFN3/c1-10(11-3-2-6-18-9-11)20-14-7-12(17)4-5-13(14)19-15(20)8-16/h2-7,9-10H,8H2,1H3. The van der Waals surface area contributed by atoms with Crippen LogP contribution < -0.4 is 0 Å². The van der Waals surface area contributed by atoms with Gasteiger partial charge in [0.25, 0.3) is 0 Å². The van der Waals surface area contributed by atoms with Gasteiger partial charge in [0.15, 0.2) is 0 Å².